The molecule has 0 radical (unpaired) electrons. The Morgan fingerprint density at radius 3 is 2.59 bits per heavy atom. The van der Waals surface area contributed by atoms with Gasteiger partial charge in [0.05, 0.1) is 18.0 Å². The third-order valence-electron chi connectivity index (χ3n) is 1.90. The number of para-hydroxylation sites is 1. The van der Waals surface area contributed by atoms with Gasteiger partial charge in [0, 0.05) is 0 Å². The number of aliphatic hydroxyl groups excluding tert-OH is 1. The summed E-state index contributed by atoms with van der Waals surface area (Å²) in [5.41, 5.74) is -0.0725. The molecule has 0 aliphatic rings. The lowest BCUT2D eigenvalue weighted by molar-refractivity contribution is -0.113. The van der Waals surface area contributed by atoms with E-state index in [-0.39, 0.29) is 5.69 Å². The average molecular weight is 261 g/mol. The standard InChI is InChI=1S/C10H12FNO4S/c11-8-3-1-2-4-9(8)12-10(14)7-17(15,16)6-5-13/h1-4,13H,5-7H2,(H,12,14). The highest BCUT2D eigenvalue weighted by Crippen LogP contribution is 2.12. The molecule has 1 rings (SSSR count). The van der Waals surface area contributed by atoms with Crippen molar-refractivity contribution in [3.63, 3.8) is 0 Å². The van der Waals surface area contributed by atoms with Gasteiger partial charge in [0.2, 0.25) is 5.91 Å². The molecular formula is C10H12FNO4S. The van der Waals surface area contributed by atoms with Crippen molar-refractivity contribution in [3.05, 3.63) is 30.1 Å². The molecule has 7 heteroatoms. The van der Waals surface area contributed by atoms with Crippen LogP contribution in [0.15, 0.2) is 24.3 Å². The fourth-order valence-electron chi connectivity index (χ4n) is 1.16. The summed E-state index contributed by atoms with van der Waals surface area (Å²) in [4.78, 5) is 11.3. The minimum atomic E-state index is -3.65. The lowest BCUT2D eigenvalue weighted by Gasteiger charge is -2.06. The van der Waals surface area contributed by atoms with Crippen molar-refractivity contribution in [1.29, 1.82) is 0 Å². The fraction of sp³-hybridized carbons (Fsp3) is 0.300. The summed E-state index contributed by atoms with van der Waals surface area (Å²) in [5.74, 6) is -2.73. The molecule has 0 fully saturated rings. The van der Waals surface area contributed by atoms with E-state index in [2.05, 4.69) is 5.32 Å². The van der Waals surface area contributed by atoms with Crippen LogP contribution in [0, 0.1) is 5.82 Å². The van der Waals surface area contributed by atoms with Gasteiger partial charge in [0.25, 0.3) is 0 Å². The number of halogens is 1. The predicted octanol–water partition coefficient (Wildman–Crippen LogP) is 0.171. The van der Waals surface area contributed by atoms with Crippen molar-refractivity contribution in [3.8, 4) is 0 Å². The Kier molecular flexibility index (Phi) is 4.59. The molecular weight excluding hydrogens is 249 g/mol. The van der Waals surface area contributed by atoms with Gasteiger partial charge in [-0.05, 0) is 12.1 Å². The Morgan fingerprint density at radius 2 is 2.00 bits per heavy atom. The Morgan fingerprint density at radius 1 is 1.35 bits per heavy atom. The Bertz CT molecular complexity index is 501. The molecule has 2 N–H and O–H groups in total. The van der Waals surface area contributed by atoms with E-state index < -0.39 is 39.7 Å². The van der Waals surface area contributed by atoms with Crippen molar-refractivity contribution in [2.45, 2.75) is 0 Å². The van der Waals surface area contributed by atoms with Gasteiger partial charge in [-0.2, -0.15) is 0 Å². The van der Waals surface area contributed by atoms with Crippen LogP contribution < -0.4 is 5.32 Å². The number of hydrogen-bond acceptors (Lipinski definition) is 4. The van der Waals surface area contributed by atoms with E-state index in [4.69, 9.17) is 5.11 Å². The van der Waals surface area contributed by atoms with Crippen LogP contribution >= 0.6 is 0 Å². The van der Waals surface area contributed by atoms with Crippen LogP contribution in [0.1, 0.15) is 0 Å². The van der Waals surface area contributed by atoms with Gasteiger partial charge < -0.3 is 10.4 Å². The van der Waals surface area contributed by atoms with Crippen LogP contribution in [0.5, 0.6) is 0 Å². The highest BCUT2D eigenvalue weighted by molar-refractivity contribution is 7.92. The third-order valence-corrected chi connectivity index (χ3v) is 3.41. The van der Waals surface area contributed by atoms with Crippen LogP contribution in [0.25, 0.3) is 0 Å². The van der Waals surface area contributed by atoms with Gasteiger partial charge in [0.1, 0.15) is 11.6 Å². The second-order valence-electron chi connectivity index (χ2n) is 3.34. The number of carbonyl (C=O) groups excluding carboxylic acids is 1. The Hall–Kier alpha value is -1.47. The third kappa shape index (κ3) is 4.49. The first-order chi connectivity index (χ1) is 7.94. The van der Waals surface area contributed by atoms with Gasteiger partial charge in [-0.25, -0.2) is 12.8 Å². The van der Waals surface area contributed by atoms with E-state index in [1.807, 2.05) is 0 Å². The van der Waals surface area contributed by atoms with Crippen LogP contribution in [-0.4, -0.2) is 37.5 Å². The quantitative estimate of drug-likeness (QED) is 0.791. The van der Waals surface area contributed by atoms with Crippen LogP contribution in [0.3, 0.4) is 0 Å². The molecule has 1 aromatic carbocycles. The maximum Gasteiger partial charge on any atom is 0.239 e. The second kappa shape index (κ2) is 5.74. The molecule has 0 spiro atoms. The van der Waals surface area contributed by atoms with E-state index >= 15 is 0 Å². The summed E-state index contributed by atoms with van der Waals surface area (Å²) in [6.45, 7) is -0.546. The summed E-state index contributed by atoms with van der Waals surface area (Å²) < 4.78 is 35.5. The van der Waals surface area contributed by atoms with Crippen molar-refractivity contribution >= 4 is 21.4 Å². The fourth-order valence-corrected chi connectivity index (χ4v) is 2.05. The van der Waals surface area contributed by atoms with E-state index in [0.717, 1.165) is 6.07 Å². The predicted molar refractivity (Wildman–Crippen MR) is 60.8 cm³/mol. The summed E-state index contributed by atoms with van der Waals surface area (Å²) in [5, 5.41) is 10.6. The van der Waals surface area contributed by atoms with Crippen molar-refractivity contribution in [2.24, 2.45) is 0 Å². The first-order valence-electron chi connectivity index (χ1n) is 4.80. The number of anilines is 1. The molecule has 0 aliphatic heterocycles. The average Bonchev–Trinajstić information content (AvgIpc) is 2.20. The zero-order chi connectivity index (χ0) is 12.9. The lowest BCUT2D eigenvalue weighted by Crippen LogP contribution is -2.26. The van der Waals surface area contributed by atoms with Gasteiger partial charge in [0.15, 0.2) is 9.84 Å². The molecule has 0 saturated carbocycles. The number of aliphatic hydroxyl groups is 1. The number of hydrogen-bond donors (Lipinski definition) is 2. The molecule has 0 saturated heterocycles. The first kappa shape index (κ1) is 13.6. The molecule has 0 aromatic heterocycles. The summed E-state index contributed by atoms with van der Waals surface area (Å²) >= 11 is 0. The minimum absolute atomic E-state index is 0.0725. The molecule has 0 atom stereocenters. The topological polar surface area (TPSA) is 83.5 Å². The van der Waals surface area contributed by atoms with Crippen LogP contribution in [0.2, 0.25) is 0 Å². The summed E-state index contributed by atoms with van der Waals surface area (Å²) in [6, 6.07) is 5.44. The number of nitrogens with one attached hydrogen (secondary N) is 1. The Labute approximate surface area is 98.2 Å². The monoisotopic (exact) mass is 261 g/mol. The van der Waals surface area contributed by atoms with Crippen molar-refractivity contribution < 1.29 is 22.7 Å². The number of benzene rings is 1. The van der Waals surface area contributed by atoms with Crippen molar-refractivity contribution in [2.75, 3.05) is 23.4 Å². The Balaban J connectivity index is 2.66. The number of rotatable bonds is 5. The molecule has 94 valence electrons. The molecule has 0 unspecified atom stereocenters. The largest absolute Gasteiger partial charge is 0.395 e. The van der Waals surface area contributed by atoms with Gasteiger partial charge in [-0.3, -0.25) is 4.79 Å². The normalized spacial score (nSPS) is 11.2. The van der Waals surface area contributed by atoms with E-state index in [1.54, 1.807) is 0 Å². The van der Waals surface area contributed by atoms with Crippen LogP contribution in [0.4, 0.5) is 10.1 Å². The lowest BCUT2D eigenvalue weighted by atomic mass is 10.3. The molecule has 1 amide bonds. The molecule has 0 aliphatic carbocycles. The SMILES string of the molecule is O=C(CS(=O)(=O)CCO)Nc1ccccc1F. The molecule has 5 nitrogen and oxygen atoms in total. The van der Waals surface area contributed by atoms with E-state index in [1.165, 1.54) is 18.2 Å². The van der Waals surface area contributed by atoms with E-state index in [9.17, 15) is 17.6 Å². The summed E-state index contributed by atoms with van der Waals surface area (Å²) in [6.07, 6.45) is 0. The van der Waals surface area contributed by atoms with Crippen molar-refractivity contribution in [1.82, 2.24) is 0 Å². The van der Waals surface area contributed by atoms with Gasteiger partial charge in [-0.15, -0.1) is 0 Å². The van der Waals surface area contributed by atoms with Crippen LogP contribution in [-0.2, 0) is 14.6 Å². The molecule has 1 aromatic rings. The number of amides is 1. The molecule has 17 heavy (non-hydrogen) atoms. The van der Waals surface area contributed by atoms with Gasteiger partial charge in [-0.1, -0.05) is 12.1 Å². The number of sulfone groups is 1. The molecule has 0 bridgehead atoms. The smallest absolute Gasteiger partial charge is 0.239 e. The summed E-state index contributed by atoms with van der Waals surface area (Å²) in [7, 11) is -3.65. The highest BCUT2D eigenvalue weighted by Gasteiger charge is 2.16. The zero-order valence-electron chi connectivity index (χ0n) is 8.89. The van der Waals surface area contributed by atoms with E-state index in [0.29, 0.717) is 0 Å². The first-order valence-corrected chi connectivity index (χ1v) is 6.62. The second-order valence-corrected chi connectivity index (χ2v) is 5.53. The minimum Gasteiger partial charge on any atom is -0.395 e. The maximum atomic E-state index is 13.1. The number of carbonyl (C=O) groups is 1. The zero-order valence-corrected chi connectivity index (χ0v) is 9.71. The highest BCUT2D eigenvalue weighted by atomic mass is 32.2. The van der Waals surface area contributed by atoms with Gasteiger partial charge >= 0.3 is 0 Å². The molecule has 0 heterocycles. The maximum absolute atomic E-state index is 13.1.